The van der Waals surface area contributed by atoms with Crippen LogP contribution in [-0.2, 0) is 11.3 Å². The molecule has 26 heavy (non-hydrogen) atoms. The summed E-state index contributed by atoms with van der Waals surface area (Å²) < 4.78 is 1.95. The zero-order valence-electron chi connectivity index (χ0n) is 13.8. The molecular formula is C17H15Cl2N5OS. The standard InChI is InChI=1S/C17H15Cl2N5OS/c1-2-24-16(11-4-3-7-20-9-11)22-23-17(24)26-10-15(25)21-14-8-12(18)5-6-13(14)19/h3-9H,2,10H2,1H3,(H,21,25). The van der Waals surface area contributed by atoms with Gasteiger partial charge in [-0.1, -0.05) is 35.0 Å². The maximum atomic E-state index is 12.2. The lowest BCUT2D eigenvalue weighted by Crippen LogP contribution is -2.15. The molecule has 0 saturated heterocycles. The number of amides is 1. The summed E-state index contributed by atoms with van der Waals surface area (Å²) in [5.41, 5.74) is 1.36. The molecule has 1 N–H and O–H groups in total. The summed E-state index contributed by atoms with van der Waals surface area (Å²) in [6, 6.07) is 8.69. The summed E-state index contributed by atoms with van der Waals surface area (Å²) in [4.78, 5) is 16.3. The molecule has 0 aliphatic carbocycles. The Kier molecular flexibility index (Phi) is 6.13. The Morgan fingerprint density at radius 3 is 2.85 bits per heavy atom. The summed E-state index contributed by atoms with van der Waals surface area (Å²) >= 11 is 13.3. The van der Waals surface area contributed by atoms with Crippen LogP contribution in [0.3, 0.4) is 0 Å². The molecule has 0 spiro atoms. The topological polar surface area (TPSA) is 72.7 Å². The Morgan fingerprint density at radius 2 is 2.12 bits per heavy atom. The fourth-order valence-electron chi connectivity index (χ4n) is 2.30. The normalized spacial score (nSPS) is 10.7. The van der Waals surface area contributed by atoms with Crippen molar-refractivity contribution >= 4 is 46.6 Å². The number of hydrogen-bond donors (Lipinski definition) is 1. The number of nitrogens with one attached hydrogen (secondary N) is 1. The molecule has 2 aromatic heterocycles. The molecule has 3 aromatic rings. The number of rotatable bonds is 6. The van der Waals surface area contributed by atoms with Gasteiger partial charge in [-0.25, -0.2) is 0 Å². The van der Waals surface area contributed by atoms with Gasteiger partial charge in [0, 0.05) is 29.5 Å². The van der Waals surface area contributed by atoms with E-state index in [1.807, 2.05) is 23.6 Å². The molecule has 1 aromatic carbocycles. The van der Waals surface area contributed by atoms with Gasteiger partial charge in [-0.05, 0) is 37.3 Å². The summed E-state index contributed by atoms with van der Waals surface area (Å²) in [5, 5.41) is 12.8. The van der Waals surface area contributed by atoms with Crippen molar-refractivity contribution in [3.8, 4) is 11.4 Å². The third-order valence-electron chi connectivity index (χ3n) is 3.49. The van der Waals surface area contributed by atoms with E-state index in [0.717, 1.165) is 11.4 Å². The first-order chi connectivity index (χ1) is 12.6. The van der Waals surface area contributed by atoms with Crippen molar-refractivity contribution in [3.05, 3.63) is 52.8 Å². The number of aromatic nitrogens is 4. The number of carbonyl (C=O) groups excluding carboxylic acids is 1. The number of pyridine rings is 1. The third kappa shape index (κ3) is 4.35. The van der Waals surface area contributed by atoms with Crippen molar-refractivity contribution in [2.75, 3.05) is 11.1 Å². The van der Waals surface area contributed by atoms with Gasteiger partial charge in [0.05, 0.1) is 16.5 Å². The van der Waals surface area contributed by atoms with Crippen LogP contribution in [0.5, 0.6) is 0 Å². The lowest BCUT2D eigenvalue weighted by atomic mass is 10.3. The number of halogens is 2. The molecule has 3 rings (SSSR count). The summed E-state index contributed by atoms with van der Waals surface area (Å²) in [7, 11) is 0. The Balaban J connectivity index is 1.69. The minimum absolute atomic E-state index is 0.175. The largest absolute Gasteiger partial charge is 0.324 e. The van der Waals surface area contributed by atoms with E-state index in [2.05, 4.69) is 20.5 Å². The Labute approximate surface area is 164 Å². The second kappa shape index (κ2) is 8.53. The molecule has 0 unspecified atom stereocenters. The molecule has 0 bridgehead atoms. The van der Waals surface area contributed by atoms with Gasteiger partial charge in [-0.15, -0.1) is 10.2 Å². The Hall–Kier alpha value is -2.09. The molecule has 9 heteroatoms. The Bertz CT molecular complexity index is 917. The van der Waals surface area contributed by atoms with Crippen molar-refractivity contribution in [2.45, 2.75) is 18.6 Å². The van der Waals surface area contributed by atoms with Gasteiger partial charge in [0.2, 0.25) is 5.91 Å². The van der Waals surface area contributed by atoms with Crippen LogP contribution >= 0.6 is 35.0 Å². The summed E-state index contributed by atoms with van der Waals surface area (Å²) in [6.07, 6.45) is 3.44. The molecule has 134 valence electrons. The number of thioether (sulfide) groups is 1. The van der Waals surface area contributed by atoms with Gasteiger partial charge >= 0.3 is 0 Å². The number of hydrogen-bond acceptors (Lipinski definition) is 5. The predicted molar refractivity (Wildman–Crippen MR) is 105 cm³/mol. The minimum atomic E-state index is -0.201. The molecule has 1 amide bonds. The third-order valence-corrected chi connectivity index (χ3v) is 5.02. The molecule has 0 saturated carbocycles. The van der Waals surface area contributed by atoms with Crippen molar-refractivity contribution in [2.24, 2.45) is 0 Å². The highest BCUT2D eigenvalue weighted by Gasteiger charge is 2.15. The molecule has 0 atom stereocenters. The fraction of sp³-hybridized carbons (Fsp3) is 0.176. The maximum absolute atomic E-state index is 12.2. The van der Waals surface area contributed by atoms with E-state index < -0.39 is 0 Å². The lowest BCUT2D eigenvalue weighted by molar-refractivity contribution is -0.113. The zero-order chi connectivity index (χ0) is 18.5. The van der Waals surface area contributed by atoms with Gasteiger partial charge < -0.3 is 9.88 Å². The maximum Gasteiger partial charge on any atom is 0.234 e. The average molecular weight is 408 g/mol. The molecule has 0 radical (unpaired) electrons. The molecule has 0 aliphatic rings. The van der Waals surface area contributed by atoms with E-state index in [0.29, 0.717) is 27.4 Å². The summed E-state index contributed by atoms with van der Waals surface area (Å²) in [6.45, 7) is 2.68. The van der Waals surface area contributed by atoms with Crippen molar-refractivity contribution in [1.82, 2.24) is 19.7 Å². The smallest absolute Gasteiger partial charge is 0.234 e. The first kappa shape index (κ1) is 18.7. The zero-order valence-corrected chi connectivity index (χ0v) is 16.1. The van der Waals surface area contributed by atoms with Gasteiger partial charge in [0.25, 0.3) is 0 Å². The van der Waals surface area contributed by atoms with Crippen molar-refractivity contribution < 1.29 is 4.79 Å². The monoisotopic (exact) mass is 407 g/mol. The van der Waals surface area contributed by atoms with E-state index in [4.69, 9.17) is 23.2 Å². The van der Waals surface area contributed by atoms with Gasteiger partial charge in [0.15, 0.2) is 11.0 Å². The van der Waals surface area contributed by atoms with Crippen molar-refractivity contribution in [1.29, 1.82) is 0 Å². The van der Waals surface area contributed by atoms with Crippen LogP contribution in [0.2, 0.25) is 10.0 Å². The van der Waals surface area contributed by atoms with Crippen LogP contribution in [0.4, 0.5) is 5.69 Å². The Morgan fingerprint density at radius 1 is 1.27 bits per heavy atom. The second-order valence-corrected chi connectivity index (χ2v) is 7.04. The first-order valence-electron chi connectivity index (χ1n) is 7.79. The van der Waals surface area contributed by atoms with Gasteiger partial charge in [-0.3, -0.25) is 9.78 Å². The lowest BCUT2D eigenvalue weighted by Gasteiger charge is -2.09. The predicted octanol–water partition coefficient (Wildman–Crippen LogP) is 4.40. The van der Waals surface area contributed by atoms with E-state index in [9.17, 15) is 4.79 Å². The van der Waals surface area contributed by atoms with Crippen molar-refractivity contribution in [3.63, 3.8) is 0 Å². The minimum Gasteiger partial charge on any atom is -0.324 e. The summed E-state index contributed by atoms with van der Waals surface area (Å²) in [5.74, 6) is 0.697. The number of benzene rings is 1. The molecule has 0 aliphatic heterocycles. The molecule has 6 nitrogen and oxygen atoms in total. The van der Waals surface area contributed by atoms with Crippen LogP contribution in [0.15, 0.2) is 47.9 Å². The fourth-order valence-corrected chi connectivity index (χ4v) is 3.44. The highest BCUT2D eigenvalue weighted by molar-refractivity contribution is 7.99. The van der Waals surface area contributed by atoms with E-state index in [-0.39, 0.29) is 11.7 Å². The van der Waals surface area contributed by atoms with Crippen LogP contribution in [0.25, 0.3) is 11.4 Å². The van der Waals surface area contributed by atoms with E-state index in [1.165, 1.54) is 11.8 Å². The van der Waals surface area contributed by atoms with Crippen LogP contribution in [0, 0.1) is 0 Å². The SMILES string of the molecule is CCn1c(SCC(=O)Nc2cc(Cl)ccc2Cl)nnc1-c1cccnc1. The van der Waals surface area contributed by atoms with Gasteiger partial charge in [0.1, 0.15) is 0 Å². The number of anilines is 1. The molecule has 0 fully saturated rings. The molecule has 2 heterocycles. The highest BCUT2D eigenvalue weighted by atomic mass is 35.5. The van der Waals surface area contributed by atoms with Crippen LogP contribution < -0.4 is 5.32 Å². The average Bonchev–Trinajstić information content (AvgIpc) is 3.06. The van der Waals surface area contributed by atoms with Crippen LogP contribution in [-0.4, -0.2) is 31.4 Å². The molecular weight excluding hydrogens is 393 g/mol. The first-order valence-corrected chi connectivity index (χ1v) is 9.54. The van der Waals surface area contributed by atoms with Gasteiger partial charge in [-0.2, -0.15) is 0 Å². The van der Waals surface area contributed by atoms with E-state index >= 15 is 0 Å². The highest BCUT2D eigenvalue weighted by Crippen LogP contribution is 2.27. The number of carbonyl (C=O) groups is 1. The van der Waals surface area contributed by atoms with E-state index in [1.54, 1.807) is 30.6 Å². The van der Waals surface area contributed by atoms with Crippen LogP contribution in [0.1, 0.15) is 6.92 Å². The second-order valence-electron chi connectivity index (χ2n) is 5.25. The number of nitrogens with zero attached hydrogens (tertiary/aromatic N) is 4. The quantitative estimate of drug-likeness (QED) is 0.613.